The van der Waals surface area contributed by atoms with E-state index in [0.717, 1.165) is 12.8 Å². The standard InChI is InChI=1S/C20H26ClN3O3/c1-22-18(25)14-6-10-23(11-7-14)20(27)16-8-12-24(13-9-16)19(26)15-2-4-17(21)5-3-15/h2-5,14,16H,6-13H2,1H3,(H,22,25). The van der Waals surface area contributed by atoms with E-state index in [0.29, 0.717) is 49.6 Å². The molecule has 0 radical (unpaired) electrons. The van der Waals surface area contributed by atoms with Gasteiger partial charge in [0.2, 0.25) is 11.8 Å². The molecule has 2 saturated heterocycles. The summed E-state index contributed by atoms with van der Waals surface area (Å²) < 4.78 is 0. The van der Waals surface area contributed by atoms with Gasteiger partial charge in [0.1, 0.15) is 0 Å². The maximum atomic E-state index is 12.8. The Morgan fingerprint density at radius 3 is 1.96 bits per heavy atom. The van der Waals surface area contributed by atoms with Gasteiger partial charge in [-0.1, -0.05) is 11.6 Å². The van der Waals surface area contributed by atoms with Crippen molar-refractivity contribution in [1.29, 1.82) is 0 Å². The number of piperidine rings is 2. The zero-order valence-electron chi connectivity index (χ0n) is 15.6. The van der Waals surface area contributed by atoms with Gasteiger partial charge >= 0.3 is 0 Å². The van der Waals surface area contributed by atoms with Gasteiger partial charge in [-0.15, -0.1) is 0 Å². The SMILES string of the molecule is CNC(=O)C1CCN(C(=O)C2CCN(C(=O)c3ccc(Cl)cc3)CC2)CC1. The number of amides is 3. The predicted molar refractivity (Wildman–Crippen MR) is 103 cm³/mol. The number of likely N-dealkylation sites (tertiary alicyclic amines) is 2. The topological polar surface area (TPSA) is 69.7 Å². The highest BCUT2D eigenvalue weighted by Crippen LogP contribution is 2.25. The molecule has 2 heterocycles. The van der Waals surface area contributed by atoms with Crippen LogP contribution >= 0.6 is 11.6 Å². The van der Waals surface area contributed by atoms with Crippen LogP contribution < -0.4 is 5.32 Å². The second kappa shape index (κ2) is 8.74. The summed E-state index contributed by atoms with van der Waals surface area (Å²) in [6.45, 7) is 2.46. The summed E-state index contributed by atoms with van der Waals surface area (Å²) in [5.41, 5.74) is 0.625. The van der Waals surface area contributed by atoms with Crippen LogP contribution in [-0.4, -0.2) is 60.7 Å². The van der Waals surface area contributed by atoms with Crippen LogP contribution in [0.2, 0.25) is 5.02 Å². The molecule has 6 nitrogen and oxygen atoms in total. The smallest absolute Gasteiger partial charge is 0.253 e. The molecule has 7 heteroatoms. The van der Waals surface area contributed by atoms with Gasteiger partial charge in [0, 0.05) is 55.6 Å². The molecule has 0 unspecified atom stereocenters. The third-order valence-corrected chi connectivity index (χ3v) is 5.90. The first-order valence-corrected chi connectivity index (χ1v) is 9.92. The number of carbonyl (C=O) groups is 3. The maximum Gasteiger partial charge on any atom is 0.253 e. The van der Waals surface area contributed by atoms with E-state index >= 15 is 0 Å². The highest BCUT2D eigenvalue weighted by Gasteiger charge is 2.33. The maximum absolute atomic E-state index is 12.8. The van der Waals surface area contributed by atoms with Crippen LogP contribution in [0.3, 0.4) is 0 Å². The molecule has 1 aromatic rings. The van der Waals surface area contributed by atoms with E-state index in [2.05, 4.69) is 5.32 Å². The van der Waals surface area contributed by atoms with Gasteiger partial charge in [0.25, 0.3) is 5.91 Å². The summed E-state index contributed by atoms with van der Waals surface area (Å²) in [4.78, 5) is 40.8. The molecule has 1 aromatic carbocycles. The molecule has 146 valence electrons. The zero-order chi connectivity index (χ0) is 19.4. The monoisotopic (exact) mass is 391 g/mol. The van der Waals surface area contributed by atoms with Crippen LogP contribution in [0.1, 0.15) is 36.0 Å². The average molecular weight is 392 g/mol. The van der Waals surface area contributed by atoms with Crippen LogP contribution in [0, 0.1) is 11.8 Å². The molecule has 0 atom stereocenters. The van der Waals surface area contributed by atoms with Crippen LogP contribution in [0.5, 0.6) is 0 Å². The summed E-state index contributed by atoms with van der Waals surface area (Å²) in [5.74, 6) is 0.206. The lowest BCUT2D eigenvalue weighted by Gasteiger charge is -2.37. The number of rotatable bonds is 3. The van der Waals surface area contributed by atoms with E-state index in [-0.39, 0.29) is 29.6 Å². The first kappa shape index (κ1) is 19.7. The van der Waals surface area contributed by atoms with Crippen molar-refractivity contribution in [1.82, 2.24) is 15.1 Å². The van der Waals surface area contributed by atoms with E-state index in [1.165, 1.54) is 0 Å². The summed E-state index contributed by atoms with van der Waals surface area (Å²) in [6.07, 6.45) is 2.82. The Balaban J connectivity index is 1.49. The number of halogens is 1. The lowest BCUT2D eigenvalue weighted by molar-refractivity contribution is -0.140. The molecule has 0 spiro atoms. The van der Waals surface area contributed by atoms with Gasteiger partial charge in [-0.3, -0.25) is 14.4 Å². The number of hydrogen-bond acceptors (Lipinski definition) is 3. The number of hydrogen-bond donors (Lipinski definition) is 1. The normalized spacial score (nSPS) is 19.0. The molecular weight excluding hydrogens is 366 g/mol. The largest absolute Gasteiger partial charge is 0.359 e. The van der Waals surface area contributed by atoms with E-state index in [4.69, 9.17) is 11.6 Å². The Labute approximate surface area is 164 Å². The molecule has 0 saturated carbocycles. The second-order valence-corrected chi connectivity index (χ2v) is 7.72. The minimum absolute atomic E-state index is 0.0102. The van der Waals surface area contributed by atoms with Crippen LogP contribution in [-0.2, 0) is 9.59 Å². The third kappa shape index (κ3) is 4.61. The molecular formula is C20H26ClN3O3. The lowest BCUT2D eigenvalue weighted by atomic mass is 9.91. The molecule has 0 aromatic heterocycles. The molecule has 3 amide bonds. The van der Waals surface area contributed by atoms with E-state index in [1.807, 2.05) is 9.80 Å². The summed E-state index contributed by atoms with van der Waals surface area (Å²) >= 11 is 5.88. The number of nitrogens with zero attached hydrogens (tertiary/aromatic N) is 2. The Kier molecular flexibility index (Phi) is 6.37. The fourth-order valence-electron chi connectivity index (χ4n) is 3.93. The fourth-order valence-corrected chi connectivity index (χ4v) is 4.05. The quantitative estimate of drug-likeness (QED) is 0.858. The first-order valence-electron chi connectivity index (χ1n) is 9.55. The highest BCUT2D eigenvalue weighted by molar-refractivity contribution is 6.30. The summed E-state index contributed by atoms with van der Waals surface area (Å²) in [6, 6.07) is 6.90. The van der Waals surface area contributed by atoms with Crippen molar-refractivity contribution in [3.8, 4) is 0 Å². The van der Waals surface area contributed by atoms with Gasteiger partial charge in [-0.2, -0.15) is 0 Å². The van der Waals surface area contributed by atoms with Crippen LogP contribution in [0.25, 0.3) is 0 Å². The lowest BCUT2D eigenvalue weighted by Crippen LogP contribution is -2.47. The van der Waals surface area contributed by atoms with Crippen molar-refractivity contribution in [2.45, 2.75) is 25.7 Å². The van der Waals surface area contributed by atoms with E-state index in [9.17, 15) is 14.4 Å². The van der Waals surface area contributed by atoms with Crippen molar-refractivity contribution in [3.63, 3.8) is 0 Å². The number of nitrogens with one attached hydrogen (secondary N) is 1. The van der Waals surface area contributed by atoms with Gasteiger partial charge in [0.05, 0.1) is 0 Å². The average Bonchev–Trinajstić information content (AvgIpc) is 2.73. The Morgan fingerprint density at radius 1 is 0.889 bits per heavy atom. The van der Waals surface area contributed by atoms with Gasteiger partial charge in [-0.25, -0.2) is 0 Å². The molecule has 2 aliphatic heterocycles. The van der Waals surface area contributed by atoms with Crippen molar-refractivity contribution in [3.05, 3.63) is 34.9 Å². The van der Waals surface area contributed by atoms with Crippen LogP contribution in [0.15, 0.2) is 24.3 Å². The Bertz CT molecular complexity index is 691. The fraction of sp³-hybridized carbons (Fsp3) is 0.550. The Hall–Kier alpha value is -2.08. The molecule has 0 aliphatic carbocycles. The number of carbonyl (C=O) groups excluding carboxylic acids is 3. The Morgan fingerprint density at radius 2 is 1.41 bits per heavy atom. The van der Waals surface area contributed by atoms with Crippen molar-refractivity contribution >= 4 is 29.3 Å². The van der Waals surface area contributed by atoms with Crippen molar-refractivity contribution < 1.29 is 14.4 Å². The predicted octanol–water partition coefficient (Wildman–Crippen LogP) is 2.18. The van der Waals surface area contributed by atoms with Crippen LogP contribution in [0.4, 0.5) is 0 Å². The van der Waals surface area contributed by atoms with E-state index in [1.54, 1.807) is 31.3 Å². The van der Waals surface area contributed by atoms with Gasteiger partial charge in [-0.05, 0) is 49.9 Å². The molecule has 0 bridgehead atoms. The number of benzene rings is 1. The van der Waals surface area contributed by atoms with Crippen molar-refractivity contribution in [2.24, 2.45) is 11.8 Å². The minimum atomic E-state index is -0.0316. The zero-order valence-corrected chi connectivity index (χ0v) is 16.4. The van der Waals surface area contributed by atoms with Gasteiger partial charge < -0.3 is 15.1 Å². The van der Waals surface area contributed by atoms with Crippen molar-refractivity contribution in [2.75, 3.05) is 33.2 Å². The first-order chi connectivity index (χ1) is 13.0. The van der Waals surface area contributed by atoms with E-state index < -0.39 is 0 Å². The minimum Gasteiger partial charge on any atom is -0.359 e. The highest BCUT2D eigenvalue weighted by atomic mass is 35.5. The van der Waals surface area contributed by atoms with Gasteiger partial charge in [0.15, 0.2) is 0 Å². The second-order valence-electron chi connectivity index (χ2n) is 7.29. The molecule has 27 heavy (non-hydrogen) atoms. The third-order valence-electron chi connectivity index (χ3n) is 5.65. The molecule has 2 fully saturated rings. The molecule has 1 N–H and O–H groups in total. The molecule has 2 aliphatic rings. The summed E-state index contributed by atoms with van der Waals surface area (Å²) in [5, 5.41) is 3.29. The molecule has 3 rings (SSSR count). The summed E-state index contributed by atoms with van der Waals surface area (Å²) in [7, 11) is 1.65.